The predicted octanol–water partition coefficient (Wildman–Crippen LogP) is 3.52. The second kappa shape index (κ2) is 10.7. The number of methoxy groups -OCH3 is 2. The number of benzene rings is 2. The highest BCUT2D eigenvalue weighted by Gasteiger charge is 2.47. The number of rotatable bonds is 9. The van der Waals surface area contributed by atoms with Gasteiger partial charge in [0.1, 0.15) is 35.0 Å². The van der Waals surface area contributed by atoms with Gasteiger partial charge in [-0.3, -0.25) is 0 Å². The van der Waals surface area contributed by atoms with Gasteiger partial charge >= 0.3 is 6.01 Å². The van der Waals surface area contributed by atoms with Crippen molar-refractivity contribution in [2.24, 2.45) is 5.92 Å². The fraction of sp³-hybridized carbons (Fsp3) is 0.370. The lowest BCUT2D eigenvalue weighted by molar-refractivity contribution is -0.0545. The zero-order chi connectivity index (χ0) is 26.9. The van der Waals surface area contributed by atoms with Gasteiger partial charge in [0.2, 0.25) is 0 Å². The molecule has 4 aromatic rings. The average Bonchev–Trinajstić information content (AvgIpc) is 3.47. The van der Waals surface area contributed by atoms with Crippen molar-refractivity contribution in [1.29, 1.82) is 0 Å². The minimum Gasteiger partial charge on any atom is -0.497 e. The number of nitrogens with zero attached hydrogens (tertiary/aromatic N) is 3. The molecule has 1 fully saturated rings. The molecule has 11 heteroatoms. The van der Waals surface area contributed by atoms with E-state index in [1.54, 1.807) is 20.3 Å². The highest BCUT2D eigenvalue weighted by Crippen LogP contribution is 2.41. The van der Waals surface area contributed by atoms with Gasteiger partial charge in [-0.15, -0.1) is 11.3 Å². The maximum atomic E-state index is 11.3. The van der Waals surface area contributed by atoms with E-state index in [0.29, 0.717) is 34.2 Å². The summed E-state index contributed by atoms with van der Waals surface area (Å²) in [6.07, 6.45) is -0.482. The topological polar surface area (TPSA) is 139 Å². The van der Waals surface area contributed by atoms with E-state index in [0.717, 1.165) is 15.8 Å². The Morgan fingerprint density at radius 3 is 2.47 bits per heavy atom. The normalized spacial score (nSPS) is 21.0. The number of hydrogen-bond donors (Lipinski definition) is 4. The number of fused-ring (bicyclic) bond motifs is 1. The van der Waals surface area contributed by atoms with Crippen molar-refractivity contribution in [3.63, 3.8) is 0 Å². The van der Waals surface area contributed by atoms with Gasteiger partial charge in [0, 0.05) is 18.6 Å². The Morgan fingerprint density at radius 2 is 1.82 bits per heavy atom. The molecule has 1 aliphatic rings. The molecule has 200 valence electrons. The van der Waals surface area contributed by atoms with Gasteiger partial charge in [-0.2, -0.15) is 9.97 Å². The van der Waals surface area contributed by atoms with E-state index >= 15 is 0 Å². The van der Waals surface area contributed by atoms with E-state index < -0.39 is 17.7 Å². The molecule has 0 saturated heterocycles. The SMILES string of the molecule is COc1cc(COc2nc(C)c(-c3nc4ccccc4s3)c(NC3(O)CCC(CO)C3O)n2)cc(OC)c1. The number of anilines is 1. The van der Waals surface area contributed by atoms with Crippen molar-refractivity contribution in [1.82, 2.24) is 15.0 Å². The van der Waals surface area contributed by atoms with Gasteiger partial charge in [0.05, 0.1) is 35.7 Å². The fourth-order valence-electron chi connectivity index (χ4n) is 4.67. The summed E-state index contributed by atoms with van der Waals surface area (Å²) in [5.74, 6) is 1.10. The van der Waals surface area contributed by atoms with Gasteiger partial charge in [0.25, 0.3) is 0 Å². The number of aryl methyl sites for hydroxylation is 1. The Kier molecular flexibility index (Phi) is 7.35. The number of hydrogen-bond acceptors (Lipinski definition) is 11. The van der Waals surface area contributed by atoms with Crippen LogP contribution in [0.1, 0.15) is 24.1 Å². The van der Waals surface area contributed by atoms with Crippen LogP contribution in [0.5, 0.6) is 17.5 Å². The molecule has 0 amide bonds. The first-order valence-electron chi connectivity index (χ1n) is 12.2. The molecule has 1 saturated carbocycles. The highest BCUT2D eigenvalue weighted by molar-refractivity contribution is 7.21. The Morgan fingerprint density at radius 1 is 1.08 bits per heavy atom. The van der Waals surface area contributed by atoms with Gasteiger partial charge in [-0.1, -0.05) is 12.1 Å². The first kappa shape index (κ1) is 26.1. The molecule has 4 N–H and O–H groups in total. The van der Waals surface area contributed by atoms with Crippen LogP contribution in [-0.2, 0) is 6.61 Å². The summed E-state index contributed by atoms with van der Waals surface area (Å²) in [4.78, 5) is 13.9. The van der Waals surface area contributed by atoms with E-state index in [1.807, 2.05) is 43.3 Å². The average molecular weight is 539 g/mol. The third-order valence-electron chi connectivity index (χ3n) is 6.76. The first-order chi connectivity index (χ1) is 18.3. The molecule has 3 unspecified atom stereocenters. The lowest BCUT2D eigenvalue weighted by Gasteiger charge is -2.30. The van der Waals surface area contributed by atoms with E-state index in [9.17, 15) is 15.3 Å². The third-order valence-corrected chi connectivity index (χ3v) is 7.81. The van der Waals surface area contributed by atoms with Crippen molar-refractivity contribution >= 4 is 27.4 Å². The number of nitrogens with one attached hydrogen (secondary N) is 1. The quantitative estimate of drug-likeness (QED) is 0.234. The van der Waals surface area contributed by atoms with E-state index in [1.165, 1.54) is 11.3 Å². The largest absolute Gasteiger partial charge is 0.497 e. The minimum atomic E-state index is -1.68. The number of aromatic nitrogens is 3. The maximum Gasteiger partial charge on any atom is 0.318 e. The van der Waals surface area contributed by atoms with Crippen LogP contribution < -0.4 is 19.5 Å². The zero-order valence-corrected chi connectivity index (χ0v) is 22.2. The molecule has 0 aliphatic heterocycles. The molecule has 2 aromatic heterocycles. The third kappa shape index (κ3) is 5.10. The zero-order valence-electron chi connectivity index (χ0n) is 21.3. The Balaban J connectivity index is 1.52. The Bertz CT molecular complexity index is 1390. The van der Waals surface area contributed by atoms with Crippen molar-refractivity contribution in [3.05, 3.63) is 53.7 Å². The molecular weight excluding hydrogens is 508 g/mol. The van der Waals surface area contributed by atoms with E-state index in [4.69, 9.17) is 19.2 Å². The molecule has 2 aromatic carbocycles. The number of ether oxygens (including phenoxy) is 3. The molecule has 0 radical (unpaired) electrons. The fourth-order valence-corrected chi connectivity index (χ4v) is 5.73. The Labute approximate surface area is 223 Å². The van der Waals surface area contributed by atoms with Crippen molar-refractivity contribution in [2.75, 3.05) is 26.1 Å². The summed E-state index contributed by atoms with van der Waals surface area (Å²) in [7, 11) is 3.15. The molecule has 0 spiro atoms. The molecule has 0 bridgehead atoms. The van der Waals surface area contributed by atoms with Crippen LogP contribution in [0.4, 0.5) is 5.82 Å². The molecule has 38 heavy (non-hydrogen) atoms. The van der Waals surface area contributed by atoms with Gasteiger partial charge in [0.15, 0.2) is 5.72 Å². The highest BCUT2D eigenvalue weighted by atomic mass is 32.1. The number of para-hydroxylation sites is 1. The number of thiazole rings is 1. The van der Waals surface area contributed by atoms with Crippen LogP contribution in [-0.4, -0.2) is 62.9 Å². The summed E-state index contributed by atoms with van der Waals surface area (Å²) in [6, 6.07) is 13.3. The summed E-state index contributed by atoms with van der Waals surface area (Å²) in [5.41, 5.74) is 1.15. The van der Waals surface area contributed by atoms with Crippen LogP contribution in [0, 0.1) is 12.8 Å². The minimum absolute atomic E-state index is 0.0893. The molecule has 5 rings (SSSR count). The monoisotopic (exact) mass is 538 g/mol. The van der Waals surface area contributed by atoms with Crippen molar-refractivity contribution in [2.45, 2.75) is 38.2 Å². The second-order valence-corrected chi connectivity index (χ2v) is 10.3. The van der Waals surface area contributed by atoms with Crippen molar-refractivity contribution in [3.8, 4) is 28.1 Å². The van der Waals surface area contributed by atoms with Crippen LogP contribution in [0.2, 0.25) is 0 Å². The molecular formula is C27H30N4O6S. The molecule has 10 nitrogen and oxygen atoms in total. The van der Waals surface area contributed by atoms with E-state index in [-0.39, 0.29) is 31.5 Å². The summed E-state index contributed by atoms with van der Waals surface area (Å²) < 4.78 is 17.6. The predicted molar refractivity (Wildman–Crippen MR) is 144 cm³/mol. The maximum absolute atomic E-state index is 11.3. The van der Waals surface area contributed by atoms with Crippen molar-refractivity contribution < 1.29 is 29.5 Å². The smallest absolute Gasteiger partial charge is 0.318 e. The van der Waals surface area contributed by atoms with Gasteiger partial charge in [-0.25, -0.2) is 4.98 Å². The summed E-state index contributed by atoms with van der Waals surface area (Å²) >= 11 is 1.48. The number of aliphatic hydroxyl groups excluding tert-OH is 2. The number of aliphatic hydroxyl groups is 3. The second-order valence-electron chi connectivity index (χ2n) is 9.29. The van der Waals surface area contributed by atoms with Crippen LogP contribution in [0.3, 0.4) is 0 Å². The summed E-state index contributed by atoms with van der Waals surface area (Å²) in [6.45, 7) is 1.74. The van der Waals surface area contributed by atoms with Crippen LogP contribution in [0.15, 0.2) is 42.5 Å². The molecule has 3 atom stereocenters. The van der Waals surface area contributed by atoms with Crippen LogP contribution >= 0.6 is 11.3 Å². The van der Waals surface area contributed by atoms with Gasteiger partial charge in [-0.05, 0) is 49.6 Å². The molecule has 2 heterocycles. The van der Waals surface area contributed by atoms with Crippen LogP contribution in [0.25, 0.3) is 20.8 Å². The lowest BCUT2D eigenvalue weighted by Crippen LogP contribution is -2.48. The van der Waals surface area contributed by atoms with E-state index in [2.05, 4.69) is 15.3 Å². The first-order valence-corrected chi connectivity index (χ1v) is 13.0. The lowest BCUT2D eigenvalue weighted by atomic mass is 10.0. The summed E-state index contributed by atoms with van der Waals surface area (Å²) in [5, 5.41) is 35.4. The van der Waals surface area contributed by atoms with Gasteiger partial charge < -0.3 is 34.8 Å². The molecule has 1 aliphatic carbocycles. The standard InChI is InChI=1S/C27H30N4O6S/c1-15-22(25-29-20-6-4-5-7-21(20)38-25)24(31-27(34)9-8-17(13-32)23(27)33)30-26(28-15)37-14-16-10-18(35-2)12-19(11-16)36-3/h4-7,10-12,17,23,32-34H,8-9,13-14H2,1-3H3,(H,28,30,31). The Hall–Kier alpha value is -3.51.